The van der Waals surface area contributed by atoms with Crippen molar-refractivity contribution in [3.8, 4) is 17.2 Å². The normalized spacial score (nSPS) is 13.5. The quantitative estimate of drug-likeness (QED) is 0.227. The molecule has 0 saturated carbocycles. The fraction of sp³-hybridized carbons (Fsp3) is 0.214. The van der Waals surface area contributed by atoms with E-state index in [1.54, 1.807) is 72.8 Å². The Bertz CT molecular complexity index is 1310. The first-order valence-corrected chi connectivity index (χ1v) is 12.0. The molecule has 4 rings (SSSR count). The number of rotatable bonds is 10. The van der Waals surface area contributed by atoms with E-state index in [4.69, 9.17) is 24.7 Å². The van der Waals surface area contributed by atoms with E-state index in [0.717, 1.165) is 0 Å². The highest BCUT2D eigenvalue weighted by Crippen LogP contribution is 2.36. The predicted molar refractivity (Wildman–Crippen MR) is 142 cm³/mol. The molecule has 3 aromatic rings. The van der Waals surface area contributed by atoms with Crippen molar-refractivity contribution in [1.82, 2.24) is 0 Å². The molecule has 0 spiro atoms. The van der Waals surface area contributed by atoms with Crippen LogP contribution in [0.5, 0.6) is 17.2 Å². The fourth-order valence-electron chi connectivity index (χ4n) is 3.82. The Balaban J connectivity index is 1.52. The Morgan fingerprint density at radius 2 is 1.82 bits per heavy atom. The number of hydrogen-bond donors (Lipinski definition) is 4. The first-order valence-electron chi connectivity index (χ1n) is 12.0. The van der Waals surface area contributed by atoms with E-state index in [2.05, 4.69) is 10.6 Å². The van der Waals surface area contributed by atoms with Gasteiger partial charge >= 0.3 is 6.09 Å². The van der Waals surface area contributed by atoms with Crippen LogP contribution in [0.15, 0.2) is 78.9 Å². The maximum Gasteiger partial charge on any atom is 0.412 e. The number of nitrogens with two attached hydrogens (primary N) is 1. The Morgan fingerprint density at radius 1 is 1.05 bits per heavy atom. The molecule has 1 aliphatic heterocycles. The van der Waals surface area contributed by atoms with Crippen molar-refractivity contribution in [2.24, 2.45) is 5.92 Å². The molecule has 10 heteroatoms. The summed E-state index contributed by atoms with van der Waals surface area (Å²) in [5.74, 6) is 0.720. The number of benzene rings is 3. The van der Waals surface area contributed by atoms with Gasteiger partial charge in [0.15, 0.2) is 11.5 Å². The third kappa shape index (κ3) is 6.74. The SMILES string of the molecule is C[C@@H](/C=C/C(=O)Nc1ccccc1N)[C@H](OC(=O)Nc1ccc2c(c1)OCO2)c1ccccc1OCCO. The van der Waals surface area contributed by atoms with E-state index >= 15 is 0 Å². The van der Waals surface area contributed by atoms with Crippen molar-refractivity contribution in [2.45, 2.75) is 13.0 Å². The molecule has 1 aliphatic rings. The minimum absolute atomic E-state index is 0.0677. The molecular weight excluding hydrogens is 490 g/mol. The van der Waals surface area contributed by atoms with Gasteiger partial charge in [0, 0.05) is 23.2 Å². The highest BCUT2D eigenvalue weighted by atomic mass is 16.7. The number of nitrogens with one attached hydrogen (secondary N) is 2. The van der Waals surface area contributed by atoms with E-state index in [9.17, 15) is 14.7 Å². The van der Waals surface area contributed by atoms with Gasteiger partial charge in [-0.25, -0.2) is 4.79 Å². The number of carbonyl (C=O) groups excluding carboxylic acids is 2. The Morgan fingerprint density at radius 3 is 2.63 bits per heavy atom. The smallest absolute Gasteiger partial charge is 0.412 e. The third-order valence-corrected chi connectivity index (χ3v) is 5.67. The summed E-state index contributed by atoms with van der Waals surface area (Å²) in [5, 5.41) is 14.7. The molecule has 38 heavy (non-hydrogen) atoms. The van der Waals surface area contributed by atoms with Crippen molar-refractivity contribution in [2.75, 3.05) is 36.4 Å². The number of aliphatic hydroxyl groups is 1. The molecule has 198 valence electrons. The third-order valence-electron chi connectivity index (χ3n) is 5.67. The average Bonchev–Trinajstić information content (AvgIpc) is 3.39. The van der Waals surface area contributed by atoms with Crippen LogP contribution in [0.2, 0.25) is 0 Å². The van der Waals surface area contributed by atoms with Gasteiger partial charge in [-0.1, -0.05) is 43.3 Å². The van der Waals surface area contributed by atoms with E-state index in [-0.39, 0.29) is 25.9 Å². The molecule has 0 saturated heterocycles. The second kappa shape index (κ2) is 12.5. The topological polar surface area (TPSA) is 141 Å². The van der Waals surface area contributed by atoms with Gasteiger partial charge in [-0.05, 0) is 36.4 Å². The fourth-order valence-corrected chi connectivity index (χ4v) is 3.82. The molecule has 0 aliphatic carbocycles. The van der Waals surface area contributed by atoms with Crippen LogP contribution in [0.25, 0.3) is 0 Å². The second-order valence-electron chi connectivity index (χ2n) is 8.42. The average molecular weight is 520 g/mol. The Kier molecular flexibility index (Phi) is 8.68. The van der Waals surface area contributed by atoms with Gasteiger partial charge < -0.3 is 35.1 Å². The van der Waals surface area contributed by atoms with E-state index < -0.39 is 18.1 Å². The van der Waals surface area contributed by atoms with Gasteiger partial charge in [0.2, 0.25) is 12.7 Å². The molecule has 0 fully saturated rings. The molecule has 2 amide bonds. The van der Waals surface area contributed by atoms with Crippen molar-refractivity contribution < 1.29 is 33.6 Å². The Hall–Kier alpha value is -4.70. The Labute approximate surface area is 220 Å². The van der Waals surface area contributed by atoms with Crippen LogP contribution in [0.3, 0.4) is 0 Å². The monoisotopic (exact) mass is 519 g/mol. The van der Waals surface area contributed by atoms with Crippen LogP contribution >= 0.6 is 0 Å². The van der Waals surface area contributed by atoms with Crippen molar-refractivity contribution >= 4 is 29.1 Å². The molecule has 1 heterocycles. The van der Waals surface area contributed by atoms with E-state index in [1.165, 1.54) is 6.08 Å². The minimum atomic E-state index is -0.829. The van der Waals surface area contributed by atoms with Crippen molar-refractivity contribution in [3.63, 3.8) is 0 Å². The lowest BCUT2D eigenvalue weighted by Crippen LogP contribution is -2.22. The molecule has 2 atom stereocenters. The summed E-state index contributed by atoms with van der Waals surface area (Å²) in [6, 6.07) is 19.0. The minimum Gasteiger partial charge on any atom is -0.491 e. The van der Waals surface area contributed by atoms with Gasteiger partial charge in [0.25, 0.3) is 0 Å². The van der Waals surface area contributed by atoms with Crippen LogP contribution in [0, 0.1) is 5.92 Å². The van der Waals surface area contributed by atoms with E-state index in [0.29, 0.717) is 39.9 Å². The number of aliphatic hydroxyl groups excluding tert-OH is 1. The number of fused-ring (bicyclic) bond motifs is 1. The molecule has 0 bridgehead atoms. The number of nitrogen functional groups attached to an aromatic ring is 1. The first-order chi connectivity index (χ1) is 18.4. The van der Waals surface area contributed by atoms with E-state index in [1.807, 2.05) is 6.92 Å². The summed E-state index contributed by atoms with van der Waals surface area (Å²) in [6.45, 7) is 1.81. The standard InChI is InChI=1S/C28H29N3O7/c1-18(10-13-26(33)31-22-8-4-3-7-21(22)29)27(20-6-2-5-9-23(20)35-15-14-32)38-28(34)30-19-11-12-24-25(16-19)37-17-36-24/h2-13,16,18,27,32H,14-15,17,29H2,1H3,(H,30,34)(H,31,33)/b13-10+/t18-,27-/m0/s1. The van der Waals surface area contributed by atoms with Crippen LogP contribution in [-0.4, -0.2) is 37.1 Å². The highest BCUT2D eigenvalue weighted by Gasteiger charge is 2.26. The van der Waals surface area contributed by atoms with Gasteiger partial charge in [0.1, 0.15) is 18.5 Å². The van der Waals surface area contributed by atoms with Gasteiger partial charge in [-0.2, -0.15) is 0 Å². The van der Waals surface area contributed by atoms with Gasteiger partial charge in [0.05, 0.1) is 18.0 Å². The number of para-hydroxylation sites is 3. The van der Waals surface area contributed by atoms with Crippen molar-refractivity contribution in [3.05, 3.63) is 84.4 Å². The summed E-state index contributed by atoms with van der Waals surface area (Å²) < 4.78 is 22.2. The largest absolute Gasteiger partial charge is 0.491 e. The second-order valence-corrected chi connectivity index (χ2v) is 8.42. The number of carbonyl (C=O) groups is 2. The number of ether oxygens (including phenoxy) is 4. The molecule has 0 radical (unpaired) electrons. The van der Waals surface area contributed by atoms with Gasteiger partial charge in [-0.3, -0.25) is 10.1 Å². The number of anilines is 3. The maximum atomic E-state index is 12.9. The number of amides is 2. The maximum absolute atomic E-state index is 12.9. The van der Waals surface area contributed by atoms with Crippen LogP contribution in [0.4, 0.5) is 21.9 Å². The van der Waals surface area contributed by atoms with Gasteiger partial charge in [-0.15, -0.1) is 0 Å². The lowest BCUT2D eigenvalue weighted by atomic mass is 9.95. The van der Waals surface area contributed by atoms with Crippen LogP contribution < -0.4 is 30.6 Å². The summed E-state index contributed by atoms with van der Waals surface area (Å²) >= 11 is 0. The molecule has 0 unspecified atom stereocenters. The molecule has 5 N–H and O–H groups in total. The zero-order chi connectivity index (χ0) is 26.9. The zero-order valence-electron chi connectivity index (χ0n) is 20.8. The molecule has 3 aromatic carbocycles. The lowest BCUT2D eigenvalue weighted by Gasteiger charge is -2.25. The van der Waals surface area contributed by atoms with Crippen molar-refractivity contribution in [1.29, 1.82) is 0 Å². The summed E-state index contributed by atoms with van der Waals surface area (Å²) in [7, 11) is 0. The van der Waals surface area contributed by atoms with Crippen LogP contribution in [-0.2, 0) is 9.53 Å². The molecular formula is C28H29N3O7. The first kappa shape index (κ1) is 26.4. The summed E-state index contributed by atoms with van der Waals surface area (Å²) in [6.07, 6.45) is 1.45. The summed E-state index contributed by atoms with van der Waals surface area (Å²) in [5.41, 5.74) is 7.88. The summed E-state index contributed by atoms with van der Waals surface area (Å²) in [4.78, 5) is 25.5. The van der Waals surface area contributed by atoms with Crippen LogP contribution in [0.1, 0.15) is 18.6 Å². The zero-order valence-corrected chi connectivity index (χ0v) is 20.8. The highest BCUT2D eigenvalue weighted by molar-refractivity contribution is 6.01. The predicted octanol–water partition coefficient (Wildman–Crippen LogP) is 4.49. The molecule has 10 nitrogen and oxygen atoms in total. The number of hydrogen-bond acceptors (Lipinski definition) is 8. The lowest BCUT2D eigenvalue weighted by molar-refractivity contribution is -0.111. The molecule has 0 aromatic heterocycles.